The van der Waals surface area contributed by atoms with Crippen LogP contribution < -0.4 is 5.32 Å². The quantitative estimate of drug-likeness (QED) is 0.331. The topological polar surface area (TPSA) is 89.6 Å². The number of hydrogen-bond donors (Lipinski definition) is 1. The molecule has 0 saturated heterocycles. The number of carbonyl (C=O) groups is 1. The molecule has 0 aliphatic rings. The second-order valence-corrected chi connectivity index (χ2v) is 7.02. The predicted molar refractivity (Wildman–Crippen MR) is 108 cm³/mol. The van der Waals surface area contributed by atoms with E-state index in [9.17, 15) is 18.0 Å². The number of aromatic nitrogens is 2. The van der Waals surface area contributed by atoms with Gasteiger partial charge in [-0.2, -0.15) is 13.2 Å². The molecule has 0 fully saturated rings. The van der Waals surface area contributed by atoms with Crippen LogP contribution in [0.1, 0.15) is 16.7 Å². The van der Waals surface area contributed by atoms with Crippen molar-refractivity contribution in [1.82, 2.24) is 15.5 Å². The first-order valence-electron chi connectivity index (χ1n) is 8.89. The number of amides is 1. The van der Waals surface area contributed by atoms with Gasteiger partial charge in [-0.3, -0.25) is 4.79 Å². The molecule has 0 bridgehead atoms. The van der Waals surface area contributed by atoms with Crippen molar-refractivity contribution in [1.29, 1.82) is 0 Å². The van der Waals surface area contributed by atoms with E-state index >= 15 is 0 Å². The van der Waals surface area contributed by atoms with Crippen LogP contribution in [-0.2, 0) is 21.6 Å². The molecule has 162 valence electrons. The number of oxime groups is 1. The van der Waals surface area contributed by atoms with Crippen LogP contribution in [0.3, 0.4) is 0 Å². The van der Waals surface area contributed by atoms with Crippen molar-refractivity contribution in [2.24, 2.45) is 5.16 Å². The molecule has 0 saturated carbocycles. The number of likely N-dealkylation sites (N-methyl/N-ethyl adjacent to an activating group) is 1. The maximum absolute atomic E-state index is 12.7. The monoisotopic (exact) mass is 450 g/mol. The van der Waals surface area contributed by atoms with Crippen molar-refractivity contribution in [3.05, 3.63) is 65.2 Å². The summed E-state index contributed by atoms with van der Waals surface area (Å²) in [5, 5.41) is 14.4. The Morgan fingerprint density at radius 1 is 1.16 bits per heavy atom. The van der Waals surface area contributed by atoms with Crippen molar-refractivity contribution < 1.29 is 27.2 Å². The van der Waals surface area contributed by atoms with Gasteiger partial charge >= 0.3 is 6.18 Å². The molecule has 3 aromatic rings. The molecule has 0 unspecified atom stereocenters. The van der Waals surface area contributed by atoms with Crippen LogP contribution in [-0.4, -0.2) is 36.0 Å². The Kier molecular flexibility index (Phi) is 6.95. The molecule has 2 aromatic carbocycles. The SMILES string of the molecule is CNC(=O)C(=NOC)c1ccccc1CSc1nnc(-c2ccc(C(F)(F)F)cc2)o1. The summed E-state index contributed by atoms with van der Waals surface area (Å²) in [4.78, 5) is 16.9. The number of thioether (sulfide) groups is 1. The Morgan fingerprint density at radius 3 is 2.52 bits per heavy atom. The first-order valence-corrected chi connectivity index (χ1v) is 9.87. The average Bonchev–Trinajstić information content (AvgIpc) is 3.24. The number of carbonyl (C=O) groups excluding carboxylic acids is 1. The van der Waals surface area contributed by atoms with Crippen molar-refractivity contribution in [2.75, 3.05) is 14.2 Å². The number of nitrogens with zero attached hydrogens (tertiary/aromatic N) is 3. The van der Waals surface area contributed by atoms with E-state index in [0.29, 0.717) is 16.9 Å². The minimum absolute atomic E-state index is 0.108. The van der Waals surface area contributed by atoms with E-state index < -0.39 is 17.6 Å². The fourth-order valence-electron chi connectivity index (χ4n) is 2.63. The second kappa shape index (κ2) is 9.65. The van der Waals surface area contributed by atoms with Gasteiger partial charge in [0, 0.05) is 23.9 Å². The number of rotatable bonds is 7. The second-order valence-electron chi connectivity index (χ2n) is 6.10. The van der Waals surface area contributed by atoms with Gasteiger partial charge in [0.05, 0.1) is 5.56 Å². The first kappa shape index (κ1) is 22.3. The lowest BCUT2D eigenvalue weighted by Crippen LogP contribution is -2.29. The summed E-state index contributed by atoms with van der Waals surface area (Å²) < 4.78 is 43.7. The van der Waals surface area contributed by atoms with Crippen LogP contribution >= 0.6 is 11.8 Å². The Hall–Kier alpha value is -3.34. The zero-order chi connectivity index (χ0) is 22.4. The third kappa shape index (κ3) is 5.43. The third-order valence-electron chi connectivity index (χ3n) is 4.11. The summed E-state index contributed by atoms with van der Waals surface area (Å²) in [6, 6.07) is 11.6. The van der Waals surface area contributed by atoms with Gasteiger partial charge in [0.2, 0.25) is 5.89 Å². The summed E-state index contributed by atoms with van der Waals surface area (Å²) in [6.07, 6.45) is -4.42. The maximum Gasteiger partial charge on any atom is 0.416 e. The van der Waals surface area contributed by atoms with Gasteiger partial charge in [0.25, 0.3) is 11.1 Å². The number of benzene rings is 2. The van der Waals surface area contributed by atoms with E-state index in [1.165, 1.54) is 38.1 Å². The summed E-state index contributed by atoms with van der Waals surface area (Å²) in [5.41, 5.74) is 1.10. The smallest absolute Gasteiger partial charge is 0.411 e. The lowest BCUT2D eigenvalue weighted by atomic mass is 10.0. The minimum Gasteiger partial charge on any atom is -0.411 e. The molecule has 3 rings (SSSR count). The zero-order valence-electron chi connectivity index (χ0n) is 16.4. The van der Waals surface area contributed by atoms with Crippen LogP contribution in [0.15, 0.2) is 63.3 Å². The van der Waals surface area contributed by atoms with Crippen LogP contribution in [0.4, 0.5) is 13.2 Å². The highest BCUT2D eigenvalue weighted by atomic mass is 32.2. The van der Waals surface area contributed by atoms with E-state index in [1.54, 1.807) is 12.1 Å². The van der Waals surface area contributed by atoms with Gasteiger partial charge in [0.1, 0.15) is 7.11 Å². The molecule has 31 heavy (non-hydrogen) atoms. The summed E-state index contributed by atoms with van der Waals surface area (Å²) in [5.74, 6) is 0.0862. The number of alkyl halides is 3. The number of hydrogen-bond acceptors (Lipinski definition) is 7. The van der Waals surface area contributed by atoms with Crippen LogP contribution in [0, 0.1) is 0 Å². The molecule has 1 aromatic heterocycles. The van der Waals surface area contributed by atoms with Crippen molar-refractivity contribution in [3.8, 4) is 11.5 Å². The van der Waals surface area contributed by atoms with Gasteiger partial charge in [-0.15, -0.1) is 10.2 Å². The van der Waals surface area contributed by atoms with E-state index in [0.717, 1.165) is 17.7 Å². The molecular formula is C20H17F3N4O3S. The molecule has 1 heterocycles. The molecule has 0 aliphatic carbocycles. The number of halogens is 3. The van der Waals surface area contributed by atoms with Crippen LogP contribution in [0.2, 0.25) is 0 Å². The standard InChI is InChI=1S/C20H17F3N4O3S/c1-24-17(28)16(27-29-2)15-6-4-3-5-13(15)11-31-19-26-25-18(30-19)12-7-9-14(10-8-12)20(21,22)23/h3-10H,11H2,1-2H3,(H,24,28). The van der Waals surface area contributed by atoms with E-state index in [-0.39, 0.29) is 16.8 Å². The van der Waals surface area contributed by atoms with Crippen molar-refractivity contribution in [3.63, 3.8) is 0 Å². The van der Waals surface area contributed by atoms with Gasteiger partial charge in [-0.1, -0.05) is 41.2 Å². The summed E-state index contributed by atoms with van der Waals surface area (Å²) >= 11 is 1.22. The lowest BCUT2D eigenvalue weighted by molar-refractivity contribution is -0.137. The van der Waals surface area contributed by atoms with Gasteiger partial charge in [-0.25, -0.2) is 0 Å². The van der Waals surface area contributed by atoms with E-state index in [2.05, 4.69) is 20.7 Å². The highest BCUT2D eigenvalue weighted by Gasteiger charge is 2.30. The molecule has 1 amide bonds. The summed E-state index contributed by atoms with van der Waals surface area (Å²) in [6.45, 7) is 0. The highest BCUT2D eigenvalue weighted by Crippen LogP contribution is 2.32. The first-order chi connectivity index (χ1) is 14.8. The Bertz CT molecular complexity index is 1080. The zero-order valence-corrected chi connectivity index (χ0v) is 17.3. The van der Waals surface area contributed by atoms with Gasteiger partial charge in [0.15, 0.2) is 5.71 Å². The molecular weight excluding hydrogens is 433 g/mol. The molecule has 11 heteroatoms. The molecule has 0 atom stereocenters. The van der Waals surface area contributed by atoms with E-state index in [1.807, 2.05) is 12.1 Å². The normalized spacial score (nSPS) is 12.0. The fourth-order valence-corrected chi connectivity index (χ4v) is 3.39. The molecule has 1 N–H and O–H groups in total. The number of nitrogens with one attached hydrogen (secondary N) is 1. The van der Waals surface area contributed by atoms with Crippen molar-refractivity contribution >= 4 is 23.4 Å². The Morgan fingerprint density at radius 2 is 1.87 bits per heavy atom. The van der Waals surface area contributed by atoms with E-state index in [4.69, 9.17) is 9.25 Å². The Labute approximate surface area is 179 Å². The third-order valence-corrected chi connectivity index (χ3v) is 4.98. The predicted octanol–water partition coefficient (Wildman–Crippen LogP) is 4.14. The van der Waals surface area contributed by atoms with Crippen molar-refractivity contribution in [2.45, 2.75) is 17.2 Å². The largest absolute Gasteiger partial charge is 0.416 e. The maximum atomic E-state index is 12.7. The van der Waals surface area contributed by atoms with Crippen LogP contribution in [0.5, 0.6) is 0 Å². The molecule has 0 spiro atoms. The van der Waals surface area contributed by atoms with Gasteiger partial charge in [-0.05, 0) is 29.8 Å². The lowest BCUT2D eigenvalue weighted by Gasteiger charge is -2.09. The van der Waals surface area contributed by atoms with Gasteiger partial charge < -0.3 is 14.6 Å². The van der Waals surface area contributed by atoms with Crippen LogP contribution in [0.25, 0.3) is 11.5 Å². The molecule has 0 aliphatic heterocycles. The fraction of sp³-hybridized carbons (Fsp3) is 0.200. The highest BCUT2D eigenvalue weighted by molar-refractivity contribution is 7.98. The molecule has 7 nitrogen and oxygen atoms in total. The molecule has 0 radical (unpaired) electrons. The Balaban J connectivity index is 1.76. The minimum atomic E-state index is -4.42. The average molecular weight is 450 g/mol. The summed E-state index contributed by atoms with van der Waals surface area (Å²) in [7, 11) is 2.84.